The highest BCUT2D eigenvalue weighted by Crippen LogP contribution is 2.22. The van der Waals surface area contributed by atoms with Crippen molar-refractivity contribution in [2.24, 2.45) is 0 Å². The number of nitrogens with one attached hydrogen (secondary N) is 1. The molecule has 0 saturated carbocycles. The maximum absolute atomic E-state index is 13.0. The van der Waals surface area contributed by atoms with E-state index in [1.54, 1.807) is 0 Å². The van der Waals surface area contributed by atoms with Gasteiger partial charge in [0.05, 0.1) is 19.2 Å². The Balaban J connectivity index is 2.76. The van der Waals surface area contributed by atoms with Crippen molar-refractivity contribution in [2.75, 3.05) is 13.2 Å². The van der Waals surface area contributed by atoms with Crippen molar-refractivity contribution in [1.82, 2.24) is 5.32 Å². The van der Waals surface area contributed by atoms with Gasteiger partial charge in [-0.15, -0.1) is 0 Å². The van der Waals surface area contributed by atoms with Gasteiger partial charge in [-0.1, -0.05) is 6.07 Å². The Morgan fingerprint density at radius 3 is 2.41 bits per heavy atom. The summed E-state index contributed by atoms with van der Waals surface area (Å²) in [5, 5.41) is 19.9. The lowest BCUT2D eigenvalue weighted by atomic mass is 10.1. The Morgan fingerprint density at radius 2 is 1.94 bits per heavy atom. The standard InChI is InChI=1S/C10H11F4NO2/c11-7-3-6(1-2-9(7)17)8(4-16)15-5-10(12,13)14/h1-3,8,15-17H,4-5H2. The quantitative estimate of drug-likeness (QED) is 0.716. The number of alkyl halides is 3. The average Bonchev–Trinajstić information content (AvgIpc) is 2.22. The predicted molar refractivity (Wildman–Crippen MR) is 51.9 cm³/mol. The molecule has 17 heavy (non-hydrogen) atoms. The monoisotopic (exact) mass is 253 g/mol. The molecule has 1 atom stereocenters. The predicted octanol–water partition coefficient (Wildman–Crippen LogP) is 1.72. The summed E-state index contributed by atoms with van der Waals surface area (Å²) in [6.07, 6.45) is -4.41. The van der Waals surface area contributed by atoms with E-state index in [2.05, 4.69) is 0 Å². The van der Waals surface area contributed by atoms with Crippen LogP contribution in [0.4, 0.5) is 17.6 Å². The van der Waals surface area contributed by atoms with Crippen molar-refractivity contribution in [2.45, 2.75) is 12.2 Å². The Morgan fingerprint density at radius 1 is 1.29 bits per heavy atom. The summed E-state index contributed by atoms with van der Waals surface area (Å²) in [6, 6.07) is 2.09. The second-order valence-electron chi connectivity index (χ2n) is 3.44. The highest BCUT2D eigenvalue weighted by molar-refractivity contribution is 5.30. The van der Waals surface area contributed by atoms with Crippen LogP contribution in [0.25, 0.3) is 0 Å². The molecule has 0 radical (unpaired) electrons. The lowest BCUT2D eigenvalue weighted by Crippen LogP contribution is -2.33. The van der Waals surface area contributed by atoms with E-state index >= 15 is 0 Å². The van der Waals surface area contributed by atoms with Gasteiger partial charge < -0.3 is 10.2 Å². The minimum atomic E-state index is -4.41. The van der Waals surface area contributed by atoms with Gasteiger partial charge in [0.2, 0.25) is 0 Å². The highest BCUT2D eigenvalue weighted by atomic mass is 19.4. The van der Waals surface area contributed by atoms with Gasteiger partial charge in [-0.25, -0.2) is 4.39 Å². The molecule has 7 heteroatoms. The van der Waals surface area contributed by atoms with Gasteiger partial charge in [-0.3, -0.25) is 5.32 Å². The first-order valence-corrected chi connectivity index (χ1v) is 4.73. The van der Waals surface area contributed by atoms with Gasteiger partial charge in [0.15, 0.2) is 11.6 Å². The number of hydrogen-bond donors (Lipinski definition) is 3. The molecule has 3 N–H and O–H groups in total. The van der Waals surface area contributed by atoms with E-state index in [-0.39, 0.29) is 5.56 Å². The van der Waals surface area contributed by atoms with Crippen molar-refractivity contribution in [3.8, 4) is 5.75 Å². The fraction of sp³-hybridized carbons (Fsp3) is 0.400. The number of hydrogen-bond acceptors (Lipinski definition) is 3. The third-order valence-corrected chi connectivity index (χ3v) is 2.11. The number of aliphatic hydroxyl groups is 1. The molecule has 0 fully saturated rings. The molecule has 0 spiro atoms. The molecule has 1 unspecified atom stereocenters. The summed E-state index contributed by atoms with van der Waals surface area (Å²) >= 11 is 0. The first-order chi connectivity index (χ1) is 7.83. The molecule has 1 aromatic carbocycles. The molecule has 0 aliphatic rings. The van der Waals surface area contributed by atoms with Gasteiger partial charge in [0, 0.05) is 0 Å². The molecule has 0 aromatic heterocycles. The maximum atomic E-state index is 13.0. The molecule has 3 nitrogen and oxygen atoms in total. The third-order valence-electron chi connectivity index (χ3n) is 2.11. The molecule has 1 rings (SSSR count). The Bertz CT molecular complexity index is 381. The van der Waals surface area contributed by atoms with E-state index in [4.69, 9.17) is 10.2 Å². The summed E-state index contributed by atoms with van der Waals surface area (Å²) in [5.41, 5.74) is 0.132. The zero-order chi connectivity index (χ0) is 13.1. The second kappa shape index (κ2) is 5.33. The average molecular weight is 253 g/mol. The third kappa shape index (κ3) is 4.20. The second-order valence-corrected chi connectivity index (χ2v) is 3.44. The van der Waals surface area contributed by atoms with Crippen LogP contribution in [0.2, 0.25) is 0 Å². The van der Waals surface area contributed by atoms with E-state index in [0.717, 1.165) is 12.1 Å². The number of aromatic hydroxyl groups is 1. The maximum Gasteiger partial charge on any atom is 0.401 e. The molecule has 0 heterocycles. The van der Waals surface area contributed by atoms with Crippen LogP contribution in [-0.2, 0) is 0 Å². The van der Waals surface area contributed by atoms with Crippen LogP contribution in [0, 0.1) is 5.82 Å². The molecule has 0 saturated heterocycles. The zero-order valence-corrected chi connectivity index (χ0v) is 8.63. The van der Waals surface area contributed by atoms with Crippen LogP contribution in [0.3, 0.4) is 0 Å². The van der Waals surface area contributed by atoms with E-state index in [1.807, 2.05) is 5.32 Å². The minimum absolute atomic E-state index is 0.132. The summed E-state index contributed by atoms with van der Waals surface area (Å²) in [4.78, 5) is 0. The van der Waals surface area contributed by atoms with E-state index in [0.29, 0.717) is 0 Å². The van der Waals surface area contributed by atoms with E-state index < -0.39 is 36.9 Å². The van der Waals surface area contributed by atoms with Crippen LogP contribution in [0.5, 0.6) is 5.75 Å². The largest absolute Gasteiger partial charge is 0.505 e. The van der Waals surface area contributed by atoms with Crippen molar-refractivity contribution >= 4 is 0 Å². The molecule has 0 aliphatic carbocycles. The number of rotatable bonds is 4. The van der Waals surface area contributed by atoms with Crippen molar-refractivity contribution < 1.29 is 27.8 Å². The van der Waals surface area contributed by atoms with Gasteiger partial charge in [0.1, 0.15) is 0 Å². The Labute approximate surface area is 94.7 Å². The van der Waals surface area contributed by atoms with Crippen LogP contribution in [-0.4, -0.2) is 29.5 Å². The molecule has 0 bridgehead atoms. The molecule has 0 amide bonds. The van der Waals surface area contributed by atoms with Gasteiger partial charge >= 0.3 is 6.18 Å². The lowest BCUT2D eigenvalue weighted by Gasteiger charge is -2.18. The molecule has 1 aromatic rings. The Hall–Kier alpha value is -1.34. The van der Waals surface area contributed by atoms with Crippen LogP contribution in [0.1, 0.15) is 11.6 Å². The smallest absolute Gasteiger partial charge is 0.401 e. The highest BCUT2D eigenvalue weighted by Gasteiger charge is 2.28. The van der Waals surface area contributed by atoms with Crippen LogP contribution in [0.15, 0.2) is 18.2 Å². The summed E-state index contributed by atoms with van der Waals surface area (Å²) in [6.45, 7) is -1.90. The number of halogens is 4. The van der Waals surface area contributed by atoms with Gasteiger partial charge in [-0.05, 0) is 17.7 Å². The summed E-state index contributed by atoms with van der Waals surface area (Å²) in [7, 11) is 0. The van der Waals surface area contributed by atoms with Gasteiger partial charge in [0.25, 0.3) is 0 Å². The fourth-order valence-corrected chi connectivity index (χ4v) is 1.27. The first kappa shape index (κ1) is 13.7. The lowest BCUT2D eigenvalue weighted by molar-refractivity contribution is -0.126. The van der Waals surface area contributed by atoms with E-state index in [9.17, 15) is 17.6 Å². The normalized spacial score (nSPS) is 13.7. The van der Waals surface area contributed by atoms with Crippen LogP contribution < -0.4 is 5.32 Å². The SMILES string of the molecule is OCC(NCC(F)(F)F)c1ccc(O)c(F)c1. The molecular weight excluding hydrogens is 242 g/mol. The van der Waals surface area contributed by atoms with Crippen molar-refractivity contribution in [3.63, 3.8) is 0 Å². The molecular formula is C10H11F4NO2. The number of phenolic OH excluding ortho intramolecular Hbond substituents is 1. The number of aliphatic hydroxyl groups excluding tert-OH is 1. The molecule has 96 valence electrons. The topological polar surface area (TPSA) is 52.5 Å². The zero-order valence-electron chi connectivity index (χ0n) is 8.63. The molecule has 0 aliphatic heterocycles. The van der Waals surface area contributed by atoms with Crippen molar-refractivity contribution in [1.29, 1.82) is 0 Å². The van der Waals surface area contributed by atoms with Crippen LogP contribution >= 0.6 is 0 Å². The van der Waals surface area contributed by atoms with E-state index in [1.165, 1.54) is 6.07 Å². The van der Waals surface area contributed by atoms with Gasteiger partial charge in [-0.2, -0.15) is 13.2 Å². The summed E-state index contributed by atoms with van der Waals surface area (Å²) in [5.74, 6) is -1.55. The summed E-state index contributed by atoms with van der Waals surface area (Å²) < 4.78 is 48.8. The first-order valence-electron chi connectivity index (χ1n) is 4.73. The number of benzene rings is 1. The fourth-order valence-electron chi connectivity index (χ4n) is 1.27. The minimum Gasteiger partial charge on any atom is -0.505 e. The van der Waals surface area contributed by atoms with Crippen molar-refractivity contribution in [3.05, 3.63) is 29.6 Å². The Kier molecular flexibility index (Phi) is 4.30. The number of phenols is 1.